The fourth-order valence-corrected chi connectivity index (χ4v) is 7.38. The van der Waals surface area contributed by atoms with Crippen LogP contribution >= 0.6 is 0 Å². The lowest BCUT2D eigenvalue weighted by Gasteiger charge is -2.45. The van der Waals surface area contributed by atoms with Crippen molar-refractivity contribution in [2.45, 2.75) is 103 Å². The lowest BCUT2D eigenvalue weighted by Crippen LogP contribution is -2.68. The van der Waals surface area contributed by atoms with Gasteiger partial charge in [0.2, 0.25) is 5.91 Å². The molecule has 2 fully saturated rings. The van der Waals surface area contributed by atoms with E-state index in [9.17, 15) is 24.5 Å². The number of rotatable bonds is 13. The summed E-state index contributed by atoms with van der Waals surface area (Å²) in [5.74, 6) is -2.72. The minimum Gasteiger partial charge on any atom is -0.459 e. The van der Waals surface area contributed by atoms with Gasteiger partial charge in [0.1, 0.15) is 24.3 Å². The van der Waals surface area contributed by atoms with Crippen LogP contribution in [0.25, 0.3) is 0 Å². The second kappa shape index (κ2) is 17.3. The number of esters is 1. The van der Waals surface area contributed by atoms with Crippen molar-refractivity contribution >= 4 is 46.7 Å². The molecule has 2 aliphatic rings. The first-order valence-electron chi connectivity index (χ1n) is 19.0. The number of Topliss-reactive ketones (excluding diaryl/α,β-unsaturated/α-hetero) is 1. The van der Waals surface area contributed by atoms with E-state index in [-0.39, 0.29) is 25.4 Å². The minimum atomic E-state index is -2.00. The van der Waals surface area contributed by atoms with Crippen LogP contribution in [0.5, 0.6) is 0 Å². The molecule has 14 heteroatoms. The third-order valence-electron chi connectivity index (χ3n) is 10.1. The number of benzene rings is 3. The number of ether oxygens (including phenoxy) is 2. The normalized spacial score (nSPS) is 18.5. The van der Waals surface area contributed by atoms with Crippen LogP contribution in [-0.2, 0) is 35.3 Å². The van der Waals surface area contributed by atoms with E-state index in [4.69, 9.17) is 9.47 Å². The van der Waals surface area contributed by atoms with E-state index in [1.165, 1.54) is 41.0 Å². The van der Waals surface area contributed by atoms with Crippen LogP contribution in [0, 0.1) is 16.0 Å². The van der Waals surface area contributed by atoms with Crippen LogP contribution in [-0.4, -0.2) is 86.7 Å². The molecule has 0 spiro atoms. The fourth-order valence-electron chi connectivity index (χ4n) is 7.38. The number of nitrogens with one attached hydrogen (secondary N) is 1. The number of amides is 3. The first-order chi connectivity index (χ1) is 26.5. The van der Waals surface area contributed by atoms with Crippen molar-refractivity contribution in [1.29, 1.82) is 0 Å². The van der Waals surface area contributed by atoms with Gasteiger partial charge in [-0.15, -0.1) is 0 Å². The molecule has 0 bridgehead atoms. The van der Waals surface area contributed by atoms with Crippen molar-refractivity contribution in [3.8, 4) is 0 Å². The molecule has 3 aromatic carbocycles. The molecule has 14 nitrogen and oxygen atoms in total. The van der Waals surface area contributed by atoms with Gasteiger partial charge < -0.3 is 29.5 Å². The number of hydrogen-bond donors (Lipinski definition) is 1. The number of para-hydroxylation sites is 2. The summed E-state index contributed by atoms with van der Waals surface area (Å²) >= 11 is 0. The molecule has 1 N–H and O–H groups in total. The maximum Gasteiger partial charge on any atom is 0.408 e. The van der Waals surface area contributed by atoms with E-state index in [0.29, 0.717) is 42.6 Å². The van der Waals surface area contributed by atoms with E-state index in [1.807, 2.05) is 12.1 Å². The molecule has 0 radical (unpaired) electrons. The molecule has 2 aliphatic heterocycles. The highest BCUT2D eigenvalue weighted by Gasteiger charge is 2.55. The first kappa shape index (κ1) is 41.4. The Morgan fingerprint density at radius 1 is 0.821 bits per heavy atom. The lowest BCUT2D eigenvalue weighted by atomic mass is 9.82. The Bertz CT molecular complexity index is 1860. The standard InChI is InChI=1S/C42H51N5O9/c1-28(2)35(43-40(52)56-41(3,4)5)36(48)42(6,46(30-15-9-7-10-16-30)31-17-11-8-12-18-31)39(51)45-26-13-19-33(45)37(49)44-25-14-20-34(44)38(50)55-27-29-21-23-32(24-22-29)47(53)54/h7-12,15-18,21-24,28,33-35H,13-14,19-20,25-27H2,1-6H3,(H,43,52)/t33-,34-,35-,42+/m0/s1. The van der Waals surface area contributed by atoms with E-state index >= 15 is 9.59 Å². The molecule has 3 amide bonds. The van der Waals surface area contributed by atoms with E-state index in [0.717, 1.165) is 0 Å². The Hall–Kier alpha value is -5.79. The summed E-state index contributed by atoms with van der Waals surface area (Å²) < 4.78 is 11.1. The fraction of sp³-hybridized carbons (Fsp3) is 0.452. The van der Waals surface area contributed by atoms with E-state index < -0.39 is 69.8 Å². The minimum absolute atomic E-state index is 0.0872. The van der Waals surface area contributed by atoms with Crippen molar-refractivity contribution in [3.63, 3.8) is 0 Å². The monoisotopic (exact) mass is 769 g/mol. The zero-order valence-electron chi connectivity index (χ0n) is 32.8. The highest BCUT2D eigenvalue weighted by atomic mass is 16.6. The van der Waals surface area contributed by atoms with Gasteiger partial charge in [0, 0.05) is 36.6 Å². The second-order valence-corrected chi connectivity index (χ2v) is 15.7. The zero-order chi connectivity index (χ0) is 40.8. The number of hydrogen-bond acceptors (Lipinski definition) is 10. The number of nitro benzene ring substituents is 1. The highest BCUT2D eigenvalue weighted by Crippen LogP contribution is 2.38. The van der Waals surface area contributed by atoms with E-state index in [2.05, 4.69) is 5.32 Å². The van der Waals surface area contributed by atoms with Crippen molar-refractivity contribution in [2.24, 2.45) is 5.92 Å². The highest BCUT2D eigenvalue weighted by molar-refractivity contribution is 6.17. The van der Waals surface area contributed by atoms with Crippen LogP contribution in [0.1, 0.15) is 72.8 Å². The van der Waals surface area contributed by atoms with Crippen molar-refractivity contribution in [1.82, 2.24) is 15.1 Å². The molecule has 2 saturated heterocycles. The number of nitrogens with zero attached hydrogens (tertiary/aromatic N) is 4. The predicted octanol–water partition coefficient (Wildman–Crippen LogP) is 6.34. The number of carbonyl (C=O) groups excluding carboxylic acids is 5. The number of anilines is 2. The van der Waals surface area contributed by atoms with Crippen LogP contribution < -0.4 is 10.2 Å². The van der Waals surface area contributed by atoms with Gasteiger partial charge >= 0.3 is 12.1 Å². The first-order valence-corrected chi connectivity index (χ1v) is 19.0. The molecule has 0 aliphatic carbocycles. The Morgan fingerprint density at radius 2 is 1.36 bits per heavy atom. The maximum atomic E-state index is 15.4. The average molecular weight is 770 g/mol. The zero-order valence-corrected chi connectivity index (χ0v) is 32.8. The molecular weight excluding hydrogens is 718 g/mol. The second-order valence-electron chi connectivity index (χ2n) is 15.7. The average Bonchev–Trinajstić information content (AvgIpc) is 3.87. The summed E-state index contributed by atoms with van der Waals surface area (Å²) in [4.78, 5) is 86.8. The predicted molar refractivity (Wildman–Crippen MR) is 209 cm³/mol. The molecule has 0 aromatic heterocycles. The molecule has 298 valence electrons. The van der Waals surface area contributed by atoms with Gasteiger partial charge in [-0.3, -0.25) is 24.5 Å². The summed E-state index contributed by atoms with van der Waals surface area (Å²) in [5.41, 5.74) is -1.29. The van der Waals surface area contributed by atoms with Gasteiger partial charge in [0.25, 0.3) is 11.6 Å². The topological polar surface area (TPSA) is 169 Å². The molecule has 0 saturated carbocycles. The van der Waals surface area contributed by atoms with Crippen molar-refractivity contribution in [2.75, 3.05) is 18.0 Å². The SMILES string of the molecule is CC(C)[C@H](NC(=O)OC(C)(C)C)C(=O)[C@](C)(C(=O)N1CCC[C@H]1C(=O)N1CCC[C@H]1C(=O)OCc1ccc([N+](=O)[O-])cc1)N(c1ccccc1)c1ccccc1. The third kappa shape index (κ3) is 9.18. The van der Waals surface area contributed by atoms with Gasteiger partial charge in [-0.1, -0.05) is 50.2 Å². The van der Waals surface area contributed by atoms with Gasteiger partial charge in [0.05, 0.1) is 11.0 Å². The summed E-state index contributed by atoms with van der Waals surface area (Å²) in [6, 6.07) is 20.7. The Morgan fingerprint density at radius 3 is 1.88 bits per heavy atom. The molecule has 0 unspecified atom stereocenters. The quantitative estimate of drug-likeness (QED) is 0.0897. The van der Waals surface area contributed by atoms with Crippen molar-refractivity contribution in [3.05, 3.63) is 101 Å². The van der Waals surface area contributed by atoms with Gasteiger partial charge in [-0.2, -0.15) is 0 Å². The number of non-ortho nitro benzene ring substituents is 1. The number of carbonyl (C=O) groups is 5. The van der Waals surface area contributed by atoms with Gasteiger partial charge in [0.15, 0.2) is 11.3 Å². The smallest absolute Gasteiger partial charge is 0.408 e. The molecule has 5 rings (SSSR count). The molecule has 2 heterocycles. The summed E-state index contributed by atoms with van der Waals surface area (Å²) in [5, 5.41) is 13.8. The van der Waals surface area contributed by atoms with Gasteiger partial charge in [-0.25, -0.2) is 9.59 Å². The molecule has 3 aromatic rings. The van der Waals surface area contributed by atoms with Crippen LogP contribution in [0.3, 0.4) is 0 Å². The summed E-state index contributed by atoms with van der Waals surface area (Å²) in [7, 11) is 0. The largest absolute Gasteiger partial charge is 0.459 e. The summed E-state index contributed by atoms with van der Waals surface area (Å²) in [6.45, 7) is 10.6. The number of likely N-dealkylation sites (tertiary alicyclic amines) is 2. The molecule has 56 heavy (non-hydrogen) atoms. The van der Waals surface area contributed by atoms with Crippen LogP contribution in [0.15, 0.2) is 84.9 Å². The van der Waals surface area contributed by atoms with Gasteiger partial charge in [-0.05, 0) is 101 Å². The third-order valence-corrected chi connectivity index (χ3v) is 10.1. The van der Waals surface area contributed by atoms with E-state index in [1.54, 1.807) is 88.0 Å². The van der Waals surface area contributed by atoms with Crippen LogP contribution in [0.4, 0.5) is 21.9 Å². The molecular formula is C42H51N5O9. The van der Waals surface area contributed by atoms with Crippen molar-refractivity contribution < 1.29 is 38.4 Å². The molecule has 4 atom stereocenters. The maximum absolute atomic E-state index is 15.4. The number of nitro groups is 1. The number of alkyl carbamates (subject to hydrolysis) is 1. The number of ketones is 1. The lowest BCUT2D eigenvalue weighted by molar-refractivity contribution is -0.384. The Kier molecular flexibility index (Phi) is 12.8. The Balaban J connectivity index is 1.48. The van der Waals surface area contributed by atoms with Crippen LogP contribution in [0.2, 0.25) is 0 Å². The Labute approximate surface area is 327 Å². The summed E-state index contributed by atoms with van der Waals surface area (Å²) in [6.07, 6.45) is 0.901.